The van der Waals surface area contributed by atoms with Crippen molar-refractivity contribution in [3.63, 3.8) is 0 Å². The number of unbranched alkanes of at least 4 members (excludes halogenated alkanes) is 2. The molecule has 0 aromatic rings. The molecule has 2 atom stereocenters. The third kappa shape index (κ3) is 3.16. The number of nitrogens with one attached hydrogen (secondary N) is 1. The van der Waals surface area contributed by atoms with Crippen LogP contribution in [-0.4, -0.2) is 48.8 Å². The van der Waals surface area contributed by atoms with Gasteiger partial charge in [0.25, 0.3) is 0 Å². The van der Waals surface area contributed by atoms with Gasteiger partial charge >= 0.3 is 0 Å². The second-order valence-electron chi connectivity index (χ2n) is 5.01. The number of piperidine rings is 1. The first-order valence-electron chi connectivity index (χ1n) is 6.47. The lowest BCUT2D eigenvalue weighted by Gasteiger charge is -2.24. The molecule has 2 aliphatic heterocycles. The van der Waals surface area contributed by atoms with Gasteiger partial charge in [-0.25, -0.2) is 0 Å². The van der Waals surface area contributed by atoms with E-state index in [1.807, 2.05) is 0 Å². The Kier molecular flexibility index (Phi) is 4.42. The van der Waals surface area contributed by atoms with Gasteiger partial charge in [-0.1, -0.05) is 0 Å². The molecule has 0 bridgehead atoms. The van der Waals surface area contributed by atoms with Crippen LogP contribution >= 0.6 is 0 Å². The minimum absolute atomic E-state index is 0.354. The first-order chi connectivity index (χ1) is 7.40. The van der Waals surface area contributed by atoms with E-state index in [2.05, 4.69) is 10.2 Å². The largest absolute Gasteiger partial charge is 0.396 e. The van der Waals surface area contributed by atoms with E-state index in [0.717, 1.165) is 18.4 Å². The van der Waals surface area contributed by atoms with Gasteiger partial charge in [-0.05, 0) is 51.1 Å². The lowest BCUT2D eigenvalue weighted by molar-refractivity contribution is 0.270. The molecule has 2 aliphatic rings. The van der Waals surface area contributed by atoms with Gasteiger partial charge in [-0.2, -0.15) is 0 Å². The highest BCUT2D eigenvalue weighted by Crippen LogP contribution is 2.24. The fourth-order valence-corrected chi connectivity index (χ4v) is 2.94. The van der Waals surface area contributed by atoms with Crippen molar-refractivity contribution in [3.8, 4) is 0 Å². The van der Waals surface area contributed by atoms with Crippen LogP contribution < -0.4 is 5.32 Å². The van der Waals surface area contributed by atoms with Gasteiger partial charge in [0.1, 0.15) is 0 Å². The van der Waals surface area contributed by atoms with Crippen molar-refractivity contribution in [2.75, 3.05) is 32.8 Å². The summed E-state index contributed by atoms with van der Waals surface area (Å²) in [5.74, 6) is 0.914. The zero-order chi connectivity index (χ0) is 10.5. The topological polar surface area (TPSA) is 35.5 Å². The fraction of sp³-hybridized carbons (Fsp3) is 1.00. The zero-order valence-corrected chi connectivity index (χ0v) is 9.62. The van der Waals surface area contributed by atoms with E-state index in [1.54, 1.807) is 0 Å². The molecule has 2 N–H and O–H groups in total. The molecule has 0 aromatic carbocycles. The quantitative estimate of drug-likeness (QED) is 0.663. The standard InChI is InChI=1S/C12H24N2O/c15-8-3-1-2-7-14-9-11-5-4-6-13-12(11)10-14/h11-13,15H,1-10H2/t11-,12+/m0/s1. The Hall–Kier alpha value is -0.120. The van der Waals surface area contributed by atoms with Crippen LogP contribution in [0.3, 0.4) is 0 Å². The Balaban J connectivity index is 1.63. The summed E-state index contributed by atoms with van der Waals surface area (Å²) in [6, 6.07) is 0.775. The Morgan fingerprint density at radius 2 is 2.13 bits per heavy atom. The van der Waals surface area contributed by atoms with E-state index in [-0.39, 0.29) is 0 Å². The van der Waals surface area contributed by atoms with Crippen molar-refractivity contribution in [3.05, 3.63) is 0 Å². The first-order valence-corrected chi connectivity index (χ1v) is 6.47. The smallest absolute Gasteiger partial charge is 0.0431 e. The zero-order valence-electron chi connectivity index (χ0n) is 9.62. The molecule has 0 aliphatic carbocycles. The number of hydrogen-bond donors (Lipinski definition) is 2. The highest BCUT2D eigenvalue weighted by Gasteiger charge is 2.33. The fourth-order valence-electron chi connectivity index (χ4n) is 2.94. The summed E-state index contributed by atoms with van der Waals surface area (Å²) < 4.78 is 0. The van der Waals surface area contributed by atoms with E-state index >= 15 is 0 Å². The van der Waals surface area contributed by atoms with Crippen molar-refractivity contribution in [2.24, 2.45) is 5.92 Å². The molecule has 0 unspecified atom stereocenters. The van der Waals surface area contributed by atoms with Gasteiger partial charge in [0.05, 0.1) is 0 Å². The lowest BCUT2D eigenvalue weighted by Crippen LogP contribution is -2.40. The molecular weight excluding hydrogens is 188 g/mol. The predicted molar refractivity (Wildman–Crippen MR) is 61.9 cm³/mol. The number of aliphatic hydroxyl groups excluding tert-OH is 1. The summed E-state index contributed by atoms with van der Waals surface area (Å²) in [6.07, 6.45) is 6.18. The molecule has 2 heterocycles. The van der Waals surface area contributed by atoms with E-state index in [9.17, 15) is 0 Å². The van der Waals surface area contributed by atoms with Gasteiger partial charge in [-0.15, -0.1) is 0 Å². The Bertz CT molecular complexity index is 172. The maximum atomic E-state index is 8.70. The molecule has 0 saturated carbocycles. The summed E-state index contributed by atoms with van der Waals surface area (Å²) in [5, 5.41) is 12.3. The van der Waals surface area contributed by atoms with Gasteiger partial charge in [0.15, 0.2) is 0 Å². The average Bonchev–Trinajstić information content (AvgIpc) is 2.67. The molecule has 0 spiro atoms. The van der Waals surface area contributed by atoms with Crippen LogP contribution in [0.5, 0.6) is 0 Å². The lowest BCUT2D eigenvalue weighted by atomic mass is 9.94. The van der Waals surface area contributed by atoms with Crippen LogP contribution in [0, 0.1) is 5.92 Å². The van der Waals surface area contributed by atoms with E-state index in [4.69, 9.17) is 5.11 Å². The van der Waals surface area contributed by atoms with E-state index < -0.39 is 0 Å². The molecule has 2 rings (SSSR count). The highest BCUT2D eigenvalue weighted by atomic mass is 16.2. The van der Waals surface area contributed by atoms with Gasteiger partial charge in [0.2, 0.25) is 0 Å². The summed E-state index contributed by atoms with van der Waals surface area (Å²) >= 11 is 0. The first kappa shape index (κ1) is 11.4. The normalized spacial score (nSPS) is 31.8. The van der Waals surface area contributed by atoms with Crippen molar-refractivity contribution < 1.29 is 5.11 Å². The number of nitrogens with zero attached hydrogens (tertiary/aromatic N) is 1. The summed E-state index contributed by atoms with van der Waals surface area (Å²) in [6.45, 7) is 5.36. The van der Waals surface area contributed by atoms with Crippen molar-refractivity contribution >= 4 is 0 Å². The van der Waals surface area contributed by atoms with Crippen LogP contribution in [0.4, 0.5) is 0 Å². The Labute approximate surface area is 92.8 Å². The van der Waals surface area contributed by atoms with E-state index in [1.165, 1.54) is 51.9 Å². The Morgan fingerprint density at radius 3 is 2.93 bits per heavy atom. The molecular formula is C12H24N2O. The molecule has 88 valence electrons. The molecule has 0 amide bonds. The second kappa shape index (κ2) is 5.83. The predicted octanol–water partition coefficient (Wildman–Crippen LogP) is 0.833. The third-order valence-electron chi connectivity index (χ3n) is 3.81. The average molecular weight is 212 g/mol. The maximum absolute atomic E-state index is 8.70. The van der Waals surface area contributed by atoms with Crippen molar-refractivity contribution in [1.82, 2.24) is 10.2 Å². The number of rotatable bonds is 5. The summed E-state index contributed by atoms with van der Waals surface area (Å²) in [4.78, 5) is 2.60. The molecule has 2 fully saturated rings. The van der Waals surface area contributed by atoms with Gasteiger partial charge in [0, 0.05) is 25.7 Å². The maximum Gasteiger partial charge on any atom is 0.0431 e. The number of fused-ring (bicyclic) bond motifs is 1. The second-order valence-corrected chi connectivity index (χ2v) is 5.01. The highest BCUT2D eigenvalue weighted by molar-refractivity contribution is 4.91. The Morgan fingerprint density at radius 1 is 1.20 bits per heavy atom. The molecule has 3 nitrogen and oxygen atoms in total. The van der Waals surface area contributed by atoms with Crippen molar-refractivity contribution in [1.29, 1.82) is 0 Å². The van der Waals surface area contributed by atoms with Gasteiger partial charge < -0.3 is 15.3 Å². The number of likely N-dealkylation sites (tertiary alicyclic amines) is 1. The summed E-state index contributed by atoms with van der Waals surface area (Å²) in [7, 11) is 0. The molecule has 3 heteroatoms. The van der Waals surface area contributed by atoms with Crippen LogP contribution in [0.2, 0.25) is 0 Å². The van der Waals surface area contributed by atoms with Crippen LogP contribution in [0.25, 0.3) is 0 Å². The van der Waals surface area contributed by atoms with Crippen LogP contribution in [0.15, 0.2) is 0 Å². The monoisotopic (exact) mass is 212 g/mol. The number of hydrogen-bond acceptors (Lipinski definition) is 3. The number of aliphatic hydroxyl groups is 1. The third-order valence-corrected chi connectivity index (χ3v) is 3.81. The van der Waals surface area contributed by atoms with Crippen molar-refractivity contribution in [2.45, 2.75) is 38.1 Å². The minimum atomic E-state index is 0.354. The molecule has 2 saturated heterocycles. The SMILES string of the molecule is OCCCCCN1C[C@@H]2CCCN[C@@H]2C1. The molecule has 0 radical (unpaired) electrons. The summed E-state index contributed by atoms with van der Waals surface area (Å²) in [5.41, 5.74) is 0. The van der Waals surface area contributed by atoms with Crippen LogP contribution in [0.1, 0.15) is 32.1 Å². The van der Waals surface area contributed by atoms with E-state index in [0.29, 0.717) is 6.61 Å². The molecule has 0 aromatic heterocycles. The van der Waals surface area contributed by atoms with Crippen LogP contribution in [-0.2, 0) is 0 Å². The minimum Gasteiger partial charge on any atom is -0.396 e. The molecule has 15 heavy (non-hydrogen) atoms. The van der Waals surface area contributed by atoms with Gasteiger partial charge in [-0.3, -0.25) is 0 Å².